The lowest BCUT2D eigenvalue weighted by atomic mass is 9.99. The lowest BCUT2D eigenvalue weighted by Crippen LogP contribution is -1.88. The molecule has 30 heavy (non-hydrogen) atoms. The number of rotatable bonds is 3. The van der Waals surface area contributed by atoms with Crippen molar-refractivity contribution in [1.82, 2.24) is 15.0 Å². The van der Waals surface area contributed by atoms with Crippen LogP contribution in [0.5, 0.6) is 0 Å². The number of hydrogen-bond acceptors (Lipinski definition) is 1. The van der Waals surface area contributed by atoms with Crippen molar-refractivity contribution >= 4 is 10.9 Å². The van der Waals surface area contributed by atoms with Gasteiger partial charge in [-0.2, -0.15) is 0 Å². The van der Waals surface area contributed by atoms with Crippen LogP contribution in [0.1, 0.15) is 22.4 Å². The fourth-order valence-corrected chi connectivity index (χ4v) is 4.28. The van der Waals surface area contributed by atoms with Gasteiger partial charge in [0.1, 0.15) is 5.82 Å². The highest BCUT2D eigenvalue weighted by molar-refractivity contribution is 5.97. The fourth-order valence-electron chi connectivity index (χ4n) is 4.28. The molecular formula is C27H25N3. The zero-order valence-corrected chi connectivity index (χ0v) is 17.8. The van der Waals surface area contributed by atoms with E-state index in [0.717, 1.165) is 39.5 Å². The first kappa shape index (κ1) is 18.4. The van der Waals surface area contributed by atoms with Crippen molar-refractivity contribution in [3.05, 3.63) is 89.1 Å². The molecule has 5 rings (SSSR count). The molecular weight excluding hydrogens is 366 g/mol. The van der Waals surface area contributed by atoms with Gasteiger partial charge in [-0.1, -0.05) is 71.8 Å². The minimum atomic E-state index is 0.899. The average Bonchev–Trinajstić information content (AvgIpc) is 3.29. The van der Waals surface area contributed by atoms with Gasteiger partial charge < -0.3 is 9.97 Å². The third-order valence-corrected chi connectivity index (χ3v) is 5.81. The lowest BCUT2D eigenvalue weighted by molar-refractivity contribution is 1.25. The van der Waals surface area contributed by atoms with Crippen molar-refractivity contribution in [3.8, 4) is 33.9 Å². The van der Waals surface area contributed by atoms with Gasteiger partial charge in [-0.3, -0.25) is 0 Å². The molecule has 0 fully saturated rings. The molecule has 0 radical (unpaired) electrons. The van der Waals surface area contributed by atoms with Crippen molar-refractivity contribution in [1.29, 1.82) is 0 Å². The summed E-state index contributed by atoms with van der Waals surface area (Å²) in [5, 5.41) is 1.19. The highest BCUT2D eigenvalue weighted by Gasteiger charge is 2.20. The molecule has 3 nitrogen and oxygen atoms in total. The second-order valence-corrected chi connectivity index (χ2v) is 8.16. The van der Waals surface area contributed by atoms with Crippen molar-refractivity contribution in [2.45, 2.75) is 27.7 Å². The second kappa shape index (κ2) is 7.03. The molecule has 0 atom stereocenters. The minimum Gasteiger partial charge on any atom is -0.358 e. The van der Waals surface area contributed by atoms with Crippen LogP contribution in [0, 0.1) is 27.7 Å². The summed E-state index contributed by atoms with van der Waals surface area (Å²) in [6, 6.07) is 23.6. The molecule has 2 aromatic heterocycles. The molecule has 3 heteroatoms. The lowest BCUT2D eigenvalue weighted by Gasteiger charge is -2.08. The van der Waals surface area contributed by atoms with E-state index in [1.807, 2.05) is 0 Å². The van der Waals surface area contributed by atoms with Crippen LogP contribution in [-0.2, 0) is 0 Å². The number of aryl methyl sites for hydroxylation is 4. The number of nitrogens with zero attached hydrogens (tertiary/aromatic N) is 1. The molecule has 0 aliphatic heterocycles. The van der Waals surface area contributed by atoms with Gasteiger partial charge in [-0.05, 0) is 39.3 Å². The summed E-state index contributed by atoms with van der Waals surface area (Å²) in [7, 11) is 0. The topological polar surface area (TPSA) is 44.5 Å². The fraction of sp³-hybridized carbons (Fsp3) is 0.148. The SMILES string of the molecule is Cc1ccc(-c2nc(-c3c(C)[nH]c4ccccc34)[nH]c2-c2ccc(C)cc2C)cc1. The van der Waals surface area contributed by atoms with Gasteiger partial charge in [-0.15, -0.1) is 0 Å². The van der Waals surface area contributed by atoms with E-state index in [-0.39, 0.29) is 0 Å². The van der Waals surface area contributed by atoms with Gasteiger partial charge in [0.05, 0.1) is 11.4 Å². The second-order valence-electron chi connectivity index (χ2n) is 8.16. The van der Waals surface area contributed by atoms with Gasteiger partial charge in [-0.25, -0.2) is 4.98 Å². The number of fused-ring (bicyclic) bond motifs is 1. The maximum Gasteiger partial charge on any atom is 0.140 e. The number of aromatic nitrogens is 3. The Bertz CT molecular complexity index is 1370. The third-order valence-electron chi connectivity index (χ3n) is 5.81. The Labute approximate surface area is 176 Å². The van der Waals surface area contributed by atoms with Crippen LogP contribution in [0.25, 0.3) is 44.8 Å². The van der Waals surface area contributed by atoms with Gasteiger partial charge in [0.15, 0.2) is 0 Å². The zero-order valence-electron chi connectivity index (χ0n) is 17.8. The highest BCUT2D eigenvalue weighted by atomic mass is 14.9. The number of benzene rings is 3. The summed E-state index contributed by atoms with van der Waals surface area (Å²) in [6.45, 7) is 8.52. The van der Waals surface area contributed by atoms with E-state index in [2.05, 4.69) is 104 Å². The first-order valence-corrected chi connectivity index (χ1v) is 10.3. The Morgan fingerprint density at radius 3 is 2.23 bits per heavy atom. The van der Waals surface area contributed by atoms with Gasteiger partial charge >= 0.3 is 0 Å². The smallest absolute Gasteiger partial charge is 0.140 e. The van der Waals surface area contributed by atoms with Crippen LogP contribution in [0.2, 0.25) is 0 Å². The number of hydrogen-bond donors (Lipinski definition) is 2. The first-order chi connectivity index (χ1) is 14.5. The summed E-state index contributed by atoms with van der Waals surface area (Å²) in [5.41, 5.74) is 11.5. The van der Waals surface area contributed by atoms with Crippen LogP contribution in [-0.4, -0.2) is 15.0 Å². The standard InChI is InChI=1S/C27H25N3/c1-16-9-12-20(13-10-16)25-26(21-14-11-17(2)15-18(21)3)30-27(29-25)24-19(4)28-23-8-6-5-7-22(23)24/h5-15,28H,1-4H3,(H,29,30). The molecule has 0 aliphatic carbocycles. The molecule has 0 spiro atoms. The maximum absolute atomic E-state index is 5.13. The van der Waals surface area contributed by atoms with Gasteiger partial charge in [0.25, 0.3) is 0 Å². The molecule has 148 valence electrons. The molecule has 2 N–H and O–H groups in total. The summed E-state index contributed by atoms with van der Waals surface area (Å²) in [5.74, 6) is 0.899. The minimum absolute atomic E-state index is 0.899. The van der Waals surface area contributed by atoms with Gasteiger partial charge in [0, 0.05) is 33.3 Å². The highest BCUT2D eigenvalue weighted by Crippen LogP contribution is 2.38. The Morgan fingerprint density at radius 2 is 1.47 bits per heavy atom. The van der Waals surface area contributed by atoms with E-state index in [9.17, 15) is 0 Å². The monoisotopic (exact) mass is 391 g/mol. The molecule has 0 bridgehead atoms. The van der Waals surface area contributed by atoms with E-state index in [4.69, 9.17) is 4.98 Å². The molecule has 5 aromatic rings. The van der Waals surface area contributed by atoms with Crippen LogP contribution in [0.3, 0.4) is 0 Å². The first-order valence-electron chi connectivity index (χ1n) is 10.3. The average molecular weight is 392 g/mol. The van der Waals surface area contributed by atoms with Crippen LogP contribution in [0.15, 0.2) is 66.7 Å². The number of nitrogens with one attached hydrogen (secondary N) is 2. The maximum atomic E-state index is 5.13. The van der Waals surface area contributed by atoms with E-state index >= 15 is 0 Å². The van der Waals surface area contributed by atoms with Crippen molar-refractivity contribution in [2.75, 3.05) is 0 Å². The summed E-state index contributed by atoms with van der Waals surface area (Å²) < 4.78 is 0. The van der Waals surface area contributed by atoms with Gasteiger partial charge in [0.2, 0.25) is 0 Å². The number of H-pyrrole nitrogens is 2. The van der Waals surface area contributed by atoms with Crippen molar-refractivity contribution in [2.24, 2.45) is 0 Å². The predicted octanol–water partition coefficient (Wildman–Crippen LogP) is 7.13. The van der Waals surface area contributed by atoms with E-state index in [0.29, 0.717) is 0 Å². The Kier molecular flexibility index (Phi) is 4.32. The Morgan fingerprint density at radius 1 is 0.733 bits per heavy atom. The molecule has 0 aliphatic rings. The van der Waals surface area contributed by atoms with Crippen LogP contribution < -0.4 is 0 Å². The molecule has 0 unspecified atom stereocenters. The number of para-hydroxylation sites is 1. The summed E-state index contributed by atoms with van der Waals surface area (Å²) in [6.07, 6.45) is 0. The van der Waals surface area contributed by atoms with E-state index in [1.165, 1.54) is 27.6 Å². The molecule has 0 saturated carbocycles. The van der Waals surface area contributed by atoms with Crippen LogP contribution in [0.4, 0.5) is 0 Å². The summed E-state index contributed by atoms with van der Waals surface area (Å²) >= 11 is 0. The number of aromatic amines is 2. The number of imidazole rings is 1. The van der Waals surface area contributed by atoms with E-state index in [1.54, 1.807) is 0 Å². The Balaban J connectivity index is 1.78. The normalized spacial score (nSPS) is 11.3. The predicted molar refractivity (Wildman–Crippen MR) is 126 cm³/mol. The quantitative estimate of drug-likeness (QED) is 0.338. The third kappa shape index (κ3) is 3.03. The summed E-state index contributed by atoms with van der Waals surface area (Å²) in [4.78, 5) is 12.3. The Hall–Kier alpha value is -3.59. The molecule has 0 saturated heterocycles. The van der Waals surface area contributed by atoms with E-state index < -0.39 is 0 Å². The van der Waals surface area contributed by atoms with Crippen molar-refractivity contribution < 1.29 is 0 Å². The largest absolute Gasteiger partial charge is 0.358 e. The molecule has 0 amide bonds. The van der Waals surface area contributed by atoms with Crippen LogP contribution >= 0.6 is 0 Å². The zero-order chi connectivity index (χ0) is 20.8. The molecule has 3 aromatic carbocycles. The van der Waals surface area contributed by atoms with Crippen molar-refractivity contribution in [3.63, 3.8) is 0 Å². The molecule has 2 heterocycles.